The number of hydrogen-bond acceptors (Lipinski definition) is 4. The van der Waals surface area contributed by atoms with E-state index in [0.717, 1.165) is 5.56 Å². The average Bonchev–Trinajstić information content (AvgIpc) is 3.21. The molecule has 0 radical (unpaired) electrons. The van der Waals surface area contributed by atoms with Gasteiger partial charge in [-0.2, -0.15) is 0 Å². The fourth-order valence-electron chi connectivity index (χ4n) is 2.50. The summed E-state index contributed by atoms with van der Waals surface area (Å²) < 4.78 is 32.4. The molecule has 0 spiro atoms. The van der Waals surface area contributed by atoms with Crippen LogP contribution in [0.2, 0.25) is 0 Å². The van der Waals surface area contributed by atoms with Gasteiger partial charge in [0.25, 0.3) is 0 Å². The van der Waals surface area contributed by atoms with Gasteiger partial charge in [-0.15, -0.1) is 0 Å². The maximum atomic E-state index is 12.4. The van der Waals surface area contributed by atoms with E-state index in [1.165, 1.54) is 24.5 Å². The van der Waals surface area contributed by atoms with Gasteiger partial charge < -0.3 is 9.73 Å². The molecule has 144 valence electrons. The van der Waals surface area contributed by atoms with Crippen molar-refractivity contribution in [3.05, 3.63) is 90.4 Å². The number of nitrogens with one attached hydrogen (secondary N) is 2. The van der Waals surface area contributed by atoms with Crippen molar-refractivity contribution >= 4 is 27.7 Å². The molecule has 0 bridgehead atoms. The minimum absolute atomic E-state index is 0.143. The first-order chi connectivity index (χ1) is 13.5. The molecule has 0 unspecified atom stereocenters. The Morgan fingerprint density at radius 2 is 1.71 bits per heavy atom. The summed E-state index contributed by atoms with van der Waals surface area (Å²) in [6.07, 6.45) is 5.01. The summed E-state index contributed by atoms with van der Waals surface area (Å²) >= 11 is 0. The van der Waals surface area contributed by atoms with Crippen LogP contribution in [-0.2, 0) is 21.2 Å². The second-order valence-electron chi connectivity index (χ2n) is 6.00. The summed E-state index contributed by atoms with van der Waals surface area (Å²) in [5, 5.41) is 2.67. The van der Waals surface area contributed by atoms with Gasteiger partial charge in [0.05, 0.1) is 11.2 Å². The average molecular weight is 396 g/mol. The Bertz CT molecular complexity index is 1030. The highest BCUT2D eigenvalue weighted by Gasteiger charge is 2.13. The van der Waals surface area contributed by atoms with Crippen molar-refractivity contribution in [2.75, 3.05) is 11.9 Å². The molecule has 3 aromatic rings. The van der Waals surface area contributed by atoms with Crippen LogP contribution >= 0.6 is 0 Å². The second-order valence-corrected chi connectivity index (χ2v) is 7.76. The maximum Gasteiger partial charge on any atom is 0.248 e. The molecular formula is C21H20N2O4S. The fraction of sp³-hybridized carbons (Fsp3) is 0.0952. The lowest BCUT2D eigenvalue weighted by Crippen LogP contribution is -2.26. The Morgan fingerprint density at radius 1 is 0.964 bits per heavy atom. The van der Waals surface area contributed by atoms with Gasteiger partial charge in [-0.05, 0) is 54.5 Å². The lowest BCUT2D eigenvalue weighted by atomic mass is 10.2. The van der Waals surface area contributed by atoms with E-state index in [2.05, 4.69) is 10.0 Å². The zero-order valence-corrected chi connectivity index (χ0v) is 15.9. The van der Waals surface area contributed by atoms with Gasteiger partial charge in [-0.25, -0.2) is 13.1 Å². The largest absolute Gasteiger partial charge is 0.465 e. The van der Waals surface area contributed by atoms with Gasteiger partial charge in [-0.3, -0.25) is 4.79 Å². The van der Waals surface area contributed by atoms with E-state index in [-0.39, 0.29) is 10.8 Å². The van der Waals surface area contributed by atoms with Crippen molar-refractivity contribution in [2.45, 2.75) is 11.3 Å². The number of rotatable bonds is 8. The summed E-state index contributed by atoms with van der Waals surface area (Å²) in [5.41, 5.74) is 1.56. The molecule has 3 rings (SSSR count). The van der Waals surface area contributed by atoms with Crippen LogP contribution in [0.5, 0.6) is 0 Å². The number of furan rings is 1. The van der Waals surface area contributed by atoms with Gasteiger partial charge in [0, 0.05) is 18.3 Å². The zero-order valence-electron chi connectivity index (χ0n) is 15.0. The first kappa shape index (κ1) is 19.6. The van der Waals surface area contributed by atoms with E-state index in [1.54, 1.807) is 30.3 Å². The van der Waals surface area contributed by atoms with Gasteiger partial charge in [0.2, 0.25) is 15.9 Å². The fourth-order valence-corrected chi connectivity index (χ4v) is 3.53. The zero-order chi connectivity index (χ0) is 19.8. The monoisotopic (exact) mass is 396 g/mol. The van der Waals surface area contributed by atoms with E-state index < -0.39 is 10.0 Å². The minimum Gasteiger partial charge on any atom is -0.465 e. The third kappa shape index (κ3) is 5.67. The third-order valence-electron chi connectivity index (χ3n) is 3.92. The van der Waals surface area contributed by atoms with Crippen LogP contribution in [0, 0.1) is 0 Å². The Morgan fingerprint density at radius 3 is 2.39 bits per heavy atom. The molecule has 2 N–H and O–H groups in total. The number of benzene rings is 2. The molecule has 0 aliphatic heterocycles. The molecule has 0 saturated heterocycles. The minimum atomic E-state index is -3.60. The summed E-state index contributed by atoms with van der Waals surface area (Å²) in [6.45, 7) is 0.308. The van der Waals surface area contributed by atoms with Gasteiger partial charge in [0.15, 0.2) is 0 Å². The maximum absolute atomic E-state index is 12.4. The van der Waals surface area contributed by atoms with Crippen molar-refractivity contribution in [3.8, 4) is 0 Å². The van der Waals surface area contributed by atoms with Gasteiger partial charge in [-0.1, -0.05) is 30.3 Å². The van der Waals surface area contributed by atoms with E-state index in [1.807, 2.05) is 30.3 Å². The van der Waals surface area contributed by atoms with E-state index in [0.29, 0.717) is 24.4 Å². The van der Waals surface area contributed by atoms with E-state index >= 15 is 0 Å². The molecule has 7 heteroatoms. The molecule has 28 heavy (non-hydrogen) atoms. The molecule has 0 atom stereocenters. The smallest absolute Gasteiger partial charge is 0.248 e. The van der Waals surface area contributed by atoms with Crippen molar-refractivity contribution in [1.82, 2.24) is 4.72 Å². The third-order valence-corrected chi connectivity index (χ3v) is 5.40. The summed E-state index contributed by atoms with van der Waals surface area (Å²) in [7, 11) is -3.60. The lowest BCUT2D eigenvalue weighted by molar-refractivity contribution is -0.111. The predicted molar refractivity (Wildman–Crippen MR) is 108 cm³/mol. The molecule has 1 heterocycles. The standard InChI is InChI=1S/C21H20N2O4S/c24-21(13-10-19-7-4-16-27-19)23-18-8-11-20(12-9-18)28(25,26)22-15-14-17-5-2-1-3-6-17/h1-13,16,22H,14-15H2,(H,23,24)/b13-10+. The Labute approximate surface area is 163 Å². The first-order valence-electron chi connectivity index (χ1n) is 8.69. The van der Waals surface area contributed by atoms with Crippen molar-refractivity contribution in [2.24, 2.45) is 0 Å². The van der Waals surface area contributed by atoms with Crippen LogP contribution in [0.3, 0.4) is 0 Å². The van der Waals surface area contributed by atoms with Crippen molar-refractivity contribution in [1.29, 1.82) is 0 Å². The number of carbonyl (C=O) groups excluding carboxylic acids is 1. The summed E-state index contributed by atoms with van der Waals surface area (Å²) in [4.78, 5) is 12.0. The van der Waals surface area contributed by atoms with Crippen LogP contribution in [-0.4, -0.2) is 20.9 Å². The highest BCUT2D eigenvalue weighted by Crippen LogP contribution is 2.14. The van der Waals surface area contributed by atoms with E-state index in [9.17, 15) is 13.2 Å². The molecular weight excluding hydrogens is 376 g/mol. The first-order valence-corrected chi connectivity index (χ1v) is 10.2. The molecule has 6 nitrogen and oxygen atoms in total. The molecule has 1 aromatic heterocycles. The molecule has 0 fully saturated rings. The predicted octanol–water partition coefficient (Wildman–Crippen LogP) is 3.45. The lowest BCUT2D eigenvalue weighted by Gasteiger charge is -2.08. The van der Waals surface area contributed by atoms with Gasteiger partial charge in [0.1, 0.15) is 5.76 Å². The number of anilines is 1. The molecule has 0 aliphatic carbocycles. The molecule has 0 saturated carbocycles. The van der Waals surface area contributed by atoms with Crippen LogP contribution in [0.15, 0.2) is 88.4 Å². The SMILES string of the molecule is O=C(/C=C/c1ccco1)Nc1ccc(S(=O)(=O)NCCc2ccccc2)cc1. The number of hydrogen-bond donors (Lipinski definition) is 2. The molecule has 1 amide bonds. The summed E-state index contributed by atoms with van der Waals surface area (Å²) in [5.74, 6) is 0.228. The highest BCUT2D eigenvalue weighted by atomic mass is 32.2. The summed E-state index contributed by atoms with van der Waals surface area (Å²) in [6, 6.07) is 19.1. The number of sulfonamides is 1. The van der Waals surface area contributed by atoms with Crippen LogP contribution in [0.1, 0.15) is 11.3 Å². The van der Waals surface area contributed by atoms with Crippen molar-refractivity contribution in [3.63, 3.8) is 0 Å². The highest BCUT2D eigenvalue weighted by molar-refractivity contribution is 7.89. The molecule has 2 aromatic carbocycles. The Kier molecular flexibility index (Phi) is 6.41. The second kappa shape index (κ2) is 9.16. The van der Waals surface area contributed by atoms with Crippen LogP contribution in [0.4, 0.5) is 5.69 Å². The van der Waals surface area contributed by atoms with E-state index in [4.69, 9.17) is 4.42 Å². The topological polar surface area (TPSA) is 88.4 Å². The Balaban J connectivity index is 1.54. The number of amides is 1. The van der Waals surface area contributed by atoms with Crippen LogP contribution < -0.4 is 10.0 Å². The number of carbonyl (C=O) groups is 1. The van der Waals surface area contributed by atoms with Crippen molar-refractivity contribution < 1.29 is 17.6 Å². The van der Waals surface area contributed by atoms with Crippen LogP contribution in [0.25, 0.3) is 6.08 Å². The normalized spacial score (nSPS) is 11.6. The quantitative estimate of drug-likeness (QED) is 0.571. The molecule has 0 aliphatic rings. The van der Waals surface area contributed by atoms with Gasteiger partial charge >= 0.3 is 0 Å². The Hall–Kier alpha value is -3.16.